The predicted octanol–water partition coefficient (Wildman–Crippen LogP) is 1.83. The third-order valence-electron chi connectivity index (χ3n) is 2.42. The van der Waals surface area contributed by atoms with E-state index in [9.17, 15) is 0 Å². The lowest BCUT2D eigenvalue weighted by atomic mass is 10.5. The lowest BCUT2D eigenvalue weighted by molar-refractivity contribution is 0.331. The molecule has 0 bridgehead atoms. The largest absolute Gasteiger partial charge is 0.459 e. The van der Waals surface area contributed by atoms with Crippen LogP contribution in [-0.4, -0.2) is 37.7 Å². The molecule has 0 spiro atoms. The maximum Gasteiger partial charge on any atom is 0.323 e. The Bertz CT molecular complexity index is 552. The Morgan fingerprint density at radius 1 is 1.35 bits per heavy atom. The topological polar surface area (TPSA) is 77.8 Å². The maximum atomic E-state index is 5.48. The average molecular weight is 274 g/mol. The third-order valence-corrected chi connectivity index (χ3v) is 2.42. The van der Waals surface area contributed by atoms with Gasteiger partial charge in [-0.25, -0.2) is 4.98 Å². The number of ether oxygens (including phenoxy) is 1. The van der Waals surface area contributed by atoms with Crippen LogP contribution in [-0.2, 0) is 0 Å². The van der Waals surface area contributed by atoms with E-state index in [1.807, 2.05) is 19.1 Å². The van der Waals surface area contributed by atoms with Gasteiger partial charge in [-0.05, 0) is 13.3 Å². The minimum Gasteiger partial charge on any atom is -0.459 e. The van der Waals surface area contributed by atoms with E-state index in [4.69, 9.17) is 4.74 Å². The standard InChI is InChI=1S/C13H18N6O/c1-3-5-9-20-13-17-11(15-6-4-2)16-12(18-13)19-8-7-14-10-19/h3,5,7-8,10H,4,6,9H2,1-2H3,(H,15,16,17,18)/b5-3+. The number of imidazole rings is 1. The van der Waals surface area contributed by atoms with Gasteiger partial charge in [-0.15, -0.1) is 0 Å². The third kappa shape index (κ3) is 3.78. The number of anilines is 1. The van der Waals surface area contributed by atoms with E-state index in [-0.39, 0.29) is 0 Å². The molecule has 0 saturated carbocycles. The lowest BCUT2D eigenvalue weighted by Gasteiger charge is -2.08. The highest BCUT2D eigenvalue weighted by molar-refractivity contribution is 5.30. The summed E-state index contributed by atoms with van der Waals surface area (Å²) in [5.41, 5.74) is 0. The van der Waals surface area contributed by atoms with Crippen LogP contribution in [0.25, 0.3) is 5.95 Å². The number of nitrogens with zero attached hydrogens (tertiary/aromatic N) is 5. The van der Waals surface area contributed by atoms with Crippen molar-refractivity contribution in [2.24, 2.45) is 0 Å². The molecular weight excluding hydrogens is 256 g/mol. The minimum atomic E-state index is 0.292. The van der Waals surface area contributed by atoms with Crippen molar-refractivity contribution >= 4 is 5.95 Å². The number of hydrogen-bond donors (Lipinski definition) is 1. The highest BCUT2D eigenvalue weighted by Gasteiger charge is 2.08. The molecule has 0 radical (unpaired) electrons. The Morgan fingerprint density at radius 2 is 2.25 bits per heavy atom. The summed E-state index contributed by atoms with van der Waals surface area (Å²) in [5, 5.41) is 3.13. The van der Waals surface area contributed by atoms with Crippen LogP contribution in [0.5, 0.6) is 6.01 Å². The quantitative estimate of drug-likeness (QED) is 0.776. The van der Waals surface area contributed by atoms with Gasteiger partial charge in [0.15, 0.2) is 0 Å². The maximum absolute atomic E-state index is 5.48. The smallest absolute Gasteiger partial charge is 0.323 e. The van der Waals surface area contributed by atoms with Crippen LogP contribution in [0.4, 0.5) is 5.95 Å². The number of nitrogens with one attached hydrogen (secondary N) is 1. The van der Waals surface area contributed by atoms with Crippen molar-refractivity contribution < 1.29 is 4.74 Å². The van der Waals surface area contributed by atoms with Crippen molar-refractivity contribution in [1.29, 1.82) is 0 Å². The van der Waals surface area contributed by atoms with Gasteiger partial charge in [0.1, 0.15) is 12.9 Å². The summed E-state index contributed by atoms with van der Waals surface area (Å²) >= 11 is 0. The Kier molecular flexibility index (Phi) is 5.05. The Hall–Kier alpha value is -2.44. The van der Waals surface area contributed by atoms with Crippen molar-refractivity contribution in [2.45, 2.75) is 20.3 Å². The van der Waals surface area contributed by atoms with Crippen molar-refractivity contribution in [3.63, 3.8) is 0 Å². The van der Waals surface area contributed by atoms with Gasteiger partial charge in [0, 0.05) is 18.9 Å². The molecule has 1 N–H and O–H groups in total. The first-order valence-electron chi connectivity index (χ1n) is 6.55. The zero-order valence-electron chi connectivity index (χ0n) is 11.7. The second-order valence-corrected chi connectivity index (χ2v) is 4.02. The normalized spacial score (nSPS) is 10.9. The summed E-state index contributed by atoms with van der Waals surface area (Å²) in [6, 6.07) is 0.292. The molecule has 20 heavy (non-hydrogen) atoms. The molecule has 0 amide bonds. The highest BCUT2D eigenvalue weighted by Crippen LogP contribution is 2.11. The van der Waals surface area contributed by atoms with Crippen LogP contribution in [0.3, 0.4) is 0 Å². The van der Waals surface area contributed by atoms with Crippen molar-refractivity contribution in [1.82, 2.24) is 24.5 Å². The number of rotatable bonds is 7. The van der Waals surface area contributed by atoms with E-state index >= 15 is 0 Å². The van der Waals surface area contributed by atoms with Gasteiger partial charge in [0.2, 0.25) is 11.9 Å². The van der Waals surface area contributed by atoms with Crippen LogP contribution in [0.1, 0.15) is 20.3 Å². The van der Waals surface area contributed by atoms with Gasteiger partial charge < -0.3 is 10.1 Å². The van der Waals surface area contributed by atoms with Crippen LogP contribution < -0.4 is 10.1 Å². The molecule has 0 aliphatic carbocycles. The molecule has 0 atom stereocenters. The van der Waals surface area contributed by atoms with Crippen molar-refractivity contribution in [3.05, 3.63) is 30.9 Å². The molecule has 0 unspecified atom stereocenters. The van der Waals surface area contributed by atoms with E-state index < -0.39 is 0 Å². The molecule has 7 heteroatoms. The summed E-state index contributed by atoms with van der Waals surface area (Å²) in [6.07, 6.45) is 9.86. The first-order chi connectivity index (χ1) is 9.83. The number of allylic oxidation sites excluding steroid dienone is 1. The van der Waals surface area contributed by atoms with Crippen molar-refractivity contribution in [3.8, 4) is 12.0 Å². The second kappa shape index (κ2) is 7.22. The summed E-state index contributed by atoms with van der Waals surface area (Å²) in [6.45, 7) is 5.23. The summed E-state index contributed by atoms with van der Waals surface area (Å²) < 4.78 is 7.19. The summed E-state index contributed by atoms with van der Waals surface area (Å²) in [5.74, 6) is 0.979. The lowest BCUT2D eigenvalue weighted by Crippen LogP contribution is -2.11. The Morgan fingerprint density at radius 3 is 2.95 bits per heavy atom. The van der Waals surface area contributed by atoms with Gasteiger partial charge in [-0.3, -0.25) is 4.57 Å². The molecule has 0 fully saturated rings. The predicted molar refractivity (Wildman–Crippen MR) is 76.0 cm³/mol. The van der Waals surface area contributed by atoms with Gasteiger partial charge >= 0.3 is 6.01 Å². The second-order valence-electron chi connectivity index (χ2n) is 4.02. The van der Waals surface area contributed by atoms with E-state index in [0.29, 0.717) is 24.5 Å². The Balaban J connectivity index is 2.23. The molecule has 2 aromatic rings. The highest BCUT2D eigenvalue weighted by atomic mass is 16.5. The summed E-state index contributed by atoms with van der Waals surface area (Å²) in [7, 11) is 0. The fourth-order valence-corrected chi connectivity index (χ4v) is 1.44. The molecule has 2 aromatic heterocycles. The van der Waals surface area contributed by atoms with Gasteiger partial charge in [-0.1, -0.05) is 19.1 Å². The van der Waals surface area contributed by atoms with Crippen LogP contribution in [0.2, 0.25) is 0 Å². The zero-order valence-corrected chi connectivity index (χ0v) is 11.7. The van der Waals surface area contributed by atoms with E-state index in [1.54, 1.807) is 23.3 Å². The van der Waals surface area contributed by atoms with Gasteiger partial charge in [0.25, 0.3) is 0 Å². The SMILES string of the molecule is C/C=C/COc1nc(NCCC)nc(-n2ccnc2)n1. The fraction of sp³-hybridized carbons (Fsp3) is 0.385. The molecule has 0 aliphatic rings. The van der Waals surface area contributed by atoms with E-state index in [0.717, 1.165) is 13.0 Å². The van der Waals surface area contributed by atoms with Gasteiger partial charge in [0.05, 0.1) is 0 Å². The van der Waals surface area contributed by atoms with Crippen LogP contribution >= 0.6 is 0 Å². The molecule has 0 aromatic carbocycles. The fourth-order valence-electron chi connectivity index (χ4n) is 1.44. The molecule has 2 rings (SSSR count). The Labute approximate surface area is 117 Å². The van der Waals surface area contributed by atoms with Crippen LogP contribution in [0.15, 0.2) is 30.9 Å². The first-order valence-corrected chi connectivity index (χ1v) is 6.55. The number of hydrogen-bond acceptors (Lipinski definition) is 6. The molecular formula is C13H18N6O. The van der Waals surface area contributed by atoms with E-state index in [2.05, 4.69) is 32.2 Å². The minimum absolute atomic E-state index is 0.292. The average Bonchev–Trinajstić information content (AvgIpc) is 2.99. The monoisotopic (exact) mass is 274 g/mol. The molecule has 106 valence electrons. The molecule has 7 nitrogen and oxygen atoms in total. The van der Waals surface area contributed by atoms with Gasteiger partial charge in [-0.2, -0.15) is 15.0 Å². The van der Waals surface area contributed by atoms with E-state index in [1.165, 1.54) is 0 Å². The first kappa shape index (κ1) is 14.0. The number of aromatic nitrogens is 5. The van der Waals surface area contributed by atoms with Crippen molar-refractivity contribution in [2.75, 3.05) is 18.5 Å². The molecule has 0 aliphatic heterocycles. The summed E-state index contributed by atoms with van der Waals surface area (Å²) in [4.78, 5) is 16.8. The molecule has 0 saturated heterocycles. The van der Waals surface area contributed by atoms with Crippen LogP contribution in [0, 0.1) is 0 Å². The molecule has 2 heterocycles. The zero-order chi connectivity index (χ0) is 14.2.